The molecule has 196 valence electrons. The van der Waals surface area contributed by atoms with Gasteiger partial charge < -0.3 is 14.9 Å². The molecule has 3 heteroatoms. The number of allylic oxidation sites excluding steroid dienone is 1. The fourth-order valence-corrected chi connectivity index (χ4v) is 6.22. The van der Waals surface area contributed by atoms with Gasteiger partial charge in [0, 0.05) is 0 Å². The molecular weight excluding hydrogens is 432 g/mol. The topological polar surface area (TPSA) is 49.7 Å². The third-order valence-electron chi connectivity index (χ3n) is 8.48. The summed E-state index contributed by atoms with van der Waals surface area (Å²) in [4.78, 5) is 0. The second kappa shape index (κ2) is 13.7. The molecule has 0 aliphatic heterocycles. The smallest absolute Gasteiger partial charge is 0.138 e. The van der Waals surface area contributed by atoms with Crippen molar-refractivity contribution in [1.29, 1.82) is 0 Å². The molecule has 2 saturated carbocycles. The number of hydrogen-bond acceptors (Lipinski definition) is 3. The minimum absolute atomic E-state index is 0.240. The predicted octanol–water partition coefficient (Wildman–Crippen LogP) is 6.98. The molecule has 0 aromatic rings. The first-order valence-corrected chi connectivity index (χ1v) is 13.9. The van der Waals surface area contributed by atoms with Crippen LogP contribution in [0.1, 0.15) is 112 Å². The van der Waals surface area contributed by atoms with Crippen LogP contribution in [0.2, 0.25) is 0 Å². The van der Waals surface area contributed by atoms with Crippen LogP contribution in [-0.4, -0.2) is 33.6 Å². The first-order chi connectivity index (χ1) is 16.5. The second-order valence-electron chi connectivity index (χ2n) is 11.9. The van der Waals surface area contributed by atoms with Gasteiger partial charge in [-0.25, -0.2) is 0 Å². The highest BCUT2D eigenvalue weighted by molar-refractivity contribution is 5.31. The van der Waals surface area contributed by atoms with Gasteiger partial charge in [0.2, 0.25) is 0 Å². The zero-order valence-corrected chi connectivity index (χ0v) is 23.0. The molecule has 0 amide bonds. The molecule has 2 rings (SSSR count). The third-order valence-corrected chi connectivity index (χ3v) is 8.48. The van der Waals surface area contributed by atoms with E-state index in [-0.39, 0.29) is 23.0 Å². The van der Waals surface area contributed by atoms with Gasteiger partial charge in [0.05, 0.1) is 11.2 Å². The van der Waals surface area contributed by atoms with E-state index in [4.69, 9.17) is 4.74 Å². The van der Waals surface area contributed by atoms with Crippen molar-refractivity contribution in [3.05, 3.63) is 24.8 Å². The van der Waals surface area contributed by atoms with Gasteiger partial charge in [0.1, 0.15) is 12.2 Å². The molecule has 2 fully saturated rings. The largest absolute Gasteiger partial charge is 0.390 e. The van der Waals surface area contributed by atoms with Gasteiger partial charge in [-0.1, -0.05) is 76.5 Å². The molecule has 0 bridgehead atoms. The van der Waals surface area contributed by atoms with E-state index in [0.29, 0.717) is 5.92 Å². The maximum absolute atomic E-state index is 10.8. The SMILES string of the molecule is C=C[C@@H](O)C#CC#C[C@H](/C=C\CCCCCCC)O[C@]1(C)CCC[C@]2(C)CC[C@@H](C(C)(C)O)C[C@H]21. The van der Waals surface area contributed by atoms with Crippen LogP contribution in [0.4, 0.5) is 0 Å². The maximum Gasteiger partial charge on any atom is 0.138 e. The molecule has 3 nitrogen and oxygen atoms in total. The Morgan fingerprint density at radius 3 is 2.49 bits per heavy atom. The first kappa shape index (κ1) is 29.7. The van der Waals surface area contributed by atoms with Crippen molar-refractivity contribution < 1.29 is 14.9 Å². The quantitative estimate of drug-likeness (QED) is 0.190. The van der Waals surface area contributed by atoms with Crippen LogP contribution in [0.5, 0.6) is 0 Å². The van der Waals surface area contributed by atoms with Crippen molar-refractivity contribution >= 4 is 0 Å². The van der Waals surface area contributed by atoms with Gasteiger partial charge in [-0.15, -0.1) is 0 Å². The average Bonchev–Trinajstić information content (AvgIpc) is 2.79. The Bertz CT molecular complexity index is 814. The lowest BCUT2D eigenvalue weighted by Crippen LogP contribution is -2.55. The van der Waals surface area contributed by atoms with Crippen LogP contribution in [0.25, 0.3) is 0 Å². The number of aliphatic hydroxyl groups is 2. The maximum atomic E-state index is 10.8. The van der Waals surface area contributed by atoms with Gasteiger partial charge in [0.15, 0.2) is 0 Å². The summed E-state index contributed by atoms with van der Waals surface area (Å²) in [7, 11) is 0. The van der Waals surface area contributed by atoms with E-state index in [1.54, 1.807) is 0 Å². The van der Waals surface area contributed by atoms with Crippen LogP contribution in [0.15, 0.2) is 24.8 Å². The van der Waals surface area contributed by atoms with E-state index < -0.39 is 11.7 Å². The molecule has 2 aliphatic rings. The lowest BCUT2D eigenvalue weighted by molar-refractivity contribution is -0.176. The Hall–Kier alpha value is -1.52. The Morgan fingerprint density at radius 1 is 1.09 bits per heavy atom. The normalized spacial score (nSPS) is 30.4. The molecular formula is C32H50O3. The van der Waals surface area contributed by atoms with E-state index >= 15 is 0 Å². The number of ether oxygens (including phenoxy) is 1. The van der Waals surface area contributed by atoms with Gasteiger partial charge in [0.25, 0.3) is 0 Å². The zero-order chi connectivity index (χ0) is 26.0. The molecule has 0 radical (unpaired) electrons. The average molecular weight is 483 g/mol. The Balaban J connectivity index is 2.19. The number of aliphatic hydroxyl groups excluding tert-OH is 1. The van der Waals surface area contributed by atoms with Crippen LogP contribution in [0.3, 0.4) is 0 Å². The molecule has 0 saturated heterocycles. The molecule has 0 spiro atoms. The second-order valence-corrected chi connectivity index (χ2v) is 11.9. The molecule has 0 aromatic heterocycles. The van der Waals surface area contributed by atoms with E-state index in [1.807, 2.05) is 13.8 Å². The van der Waals surface area contributed by atoms with Crippen molar-refractivity contribution in [2.24, 2.45) is 17.3 Å². The van der Waals surface area contributed by atoms with E-state index in [0.717, 1.165) is 38.5 Å². The van der Waals surface area contributed by atoms with Crippen LogP contribution in [0, 0.1) is 40.9 Å². The Morgan fingerprint density at radius 2 is 1.80 bits per heavy atom. The molecule has 35 heavy (non-hydrogen) atoms. The fourth-order valence-electron chi connectivity index (χ4n) is 6.22. The van der Waals surface area contributed by atoms with E-state index in [1.165, 1.54) is 44.6 Å². The van der Waals surface area contributed by atoms with Gasteiger partial charge >= 0.3 is 0 Å². The number of unbranched alkanes of at least 4 members (excludes halogenated alkanes) is 5. The summed E-state index contributed by atoms with van der Waals surface area (Å²) in [6, 6.07) is 0. The van der Waals surface area contributed by atoms with E-state index in [2.05, 4.69) is 63.2 Å². The highest BCUT2D eigenvalue weighted by Crippen LogP contribution is 2.58. The first-order valence-electron chi connectivity index (χ1n) is 13.9. The van der Waals surface area contributed by atoms with Crippen LogP contribution in [-0.2, 0) is 4.74 Å². The Kier molecular flexibility index (Phi) is 11.6. The summed E-state index contributed by atoms with van der Waals surface area (Å²) < 4.78 is 6.86. The number of rotatable bonds is 11. The minimum Gasteiger partial charge on any atom is -0.390 e. The van der Waals surface area contributed by atoms with Gasteiger partial charge in [-0.3, -0.25) is 0 Å². The number of fused-ring (bicyclic) bond motifs is 1. The van der Waals surface area contributed by atoms with Crippen LogP contribution < -0.4 is 0 Å². The van der Waals surface area contributed by atoms with Gasteiger partial charge in [-0.2, -0.15) is 0 Å². The van der Waals surface area contributed by atoms with Crippen molar-refractivity contribution in [3.8, 4) is 23.7 Å². The summed E-state index contributed by atoms with van der Waals surface area (Å²) in [5.41, 5.74) is -0.725. The molecule has 0 aromatic carbocycles. The lowest BCUT2D eigenvalue weighted by Gasteiger charge is -2.57. The molecule has 6 atom stereocenters. The molecule has 2 aliphatic carbocycles. The highest BCUT2D eigenvalue weighted by Gasteiger charge is 2.54. The number of hydrogen-bond donors (Lipinski definition) is 2. The Labute approximate surface area is 215 Å². The summed E-state index contributed by atoms with van der Waals surface area (Å²) >= 11 is 0. The molecule has 0 unspecified atom stereocenters. The summed E-state index contributed by atoms with van der Waals surface area (Å²) in [5.74, 6) is 12.2. The monoisotopic (exact) mass is 482 g/mol. The standard InChI is InChI=1S/C32H50O3/c1-7-9-10-11-12-13-14-19-28(20-16-15-18-27(33)8-2)35-32(6)23-17-22-31(5)24-21-26(25-29(31)32)30(3,4)34/h8,14,19,26-29,33-34H,2,7,9-13,17,21-25H2,1,3-6H3/b19-14-/t26-,27-,28+,29-,31-,32-/m1/s1. The van der Waals surface area contributed by atoms with Crippen molar-refractivity contribution in [1.82, 2.24) is 0 Å². The minimum atomic E-state index is -0.861. The summed E-state index contributed by atoms with van der Waals surface area (Å²) in [6.07, 6.45) is 18.5. The van der Waals surface area contributed by atoms with Crippen molar-refractivity contribution in [2.45, 2.75) is 135 Å². The third kappa shape index (κ3) is 9.13. The fraction of sp³-hybridized carbons (Fsp3) is 0.750. The lowest BCUT2D eigenvalue weighted by atomic mass is 9.52. The summed E-state index contributed by atoms with van der Waals surface area (Å²) in [5, 5.41) is 20.4. The van der Waals surface area contributed by atoms with Crippen LogP contribution >= 0.6 is 0 Å². The van der Waals surface area contributed by atoms with Crippen molar-refractivity contribution in [2.75, 3.05) is 0 Å². The molecule has 0 heterocycles. The summed E-state index contributed by atoms with van der Waals surface area (Å²) in [6.45, 7) is 14.4. The van der Waals surface area contributed by atoms with E-state index in [9.17, 15) is 10.2 Å². The predicted molar refractivity (Wildman–Crippen MR) is 147 cm³/mol. The molecule has 2 N–H and O–H groups in total. The highest BCUT2D eigenvalue weighted by atomic mass is 16.5. The van der Waals surface area contributed by atoms with Crippen molar-refractivity contribution in [3.63, 3.8) is 0 Å². The zero-order valence-electron chi connectivity index (χ0n) is 23.0. The van der Waals surface area contributed by atoms with Gasteiger partial charge in [-0.05, 0) is 101 Å².